The zero-order chi connectivity index (χ0) is 15.2. The van der Waals surface area contributed by atoms with Crippen molar-refractivity contribution in [3.8, 4) is 0 Å². The standard InChI is InChI=1S/C15H12Cl2N2O2/c16-12-5-1-10(2-6-12)9-14(20)21-19-15(18)11-3-7-13(17)8-4-11/h1-8H,9H2,(H2,18,19). The molecule has 0 heterocycles. The van der Waals surface area contributed by atoms with E-state index in [-0.39, 0.29) is 12.3 Å². The first-order valence-electron chi connectivity index (χ1n) is 6.08. The summed E-state index contributed by atoms with van der Waals surface area (Å²) < 4.78 is 0. The van der Waals surface area contributed by atoms with Crippen LogP contribution in [-0.2, 0) is 16.1 Å². The zero-order valence-electron chi connectivity index (χ0n) is 10.9. The third kappa shape index (κ3) is 4.77. The number of benzene rings is 2. The van der Waals surface area contributed by atoms with Gasteiger partial charge >= 0.3 is 5.97 Å². The number of oxime groups is 1. The summed E-state index contributed by atoms with van der Waals surface area (Å²) in [4.78, 5) is 16.4. The van der Waals surface area contributed by atoms with Crippen molar-refractivity contribution in [3.63, 3.8) is 0 Å². The second-order valence-corrected chi connectivity index (χ2v) is 5.12. The molecule has 0 amide bonds. The predicted octanol–water partition coefficient (Wildman–Crippen LogP) is 3.40. The molecule has 0 fully saturated rings. The molecule has 0 aliphatic heterocycles. The summed E-state index contributed by atoms with van der Waals surface area (Å²) in [5, 5.41) is 4.81. The van der Waals surface area contributed by atoms with Crippen LogP contribution in [0.1, 0.15) is 11.1 Å². The van der Waals surface area contributed by atoms with Gasteiger partial charge in [-0.1, -0.05) is 40.5 Å². The Hall–Kier alpha value is -2.04. The van der Waals surface area contributed by atoms with Gasteiger partial charge in [-0.25, -0.2) is 4.79 Å². The molecule has 0 spiro atoms. The number of nitrogens with zero attached hydrogens (tertiary/aromatic N) is 1. The molecule has 0 aliphatic rings. The van der Waals surface area contributed by atoms with Crippen LogP contribution in [0.4, 0.5) is 0 Å². The Balaban J connectivity index is 1.94. The van der Waals surface area contributed by atoms with Gasteiger partial charge in [-0.2, -0.15) is 0 Å². The van der Waals surface area contributed by atoms with E-state index >= 15 is 0 Å². The van der Waals surface area contributed by atoms with Crippen LogP contribution in [0.2, 0.25) is 10.0 Å². The van der Waals surface area contributed by atoms with Gasteiger partial charge in [0, 0.05) is 15.6 Å². The molecule has 0 saturated heterocycles. The summed E-state index contributed by atoms with van der Waals surface area (Å²) in [7, 11) is 0. The van der Waals surface area contributed by atoms with E-state index in [1.54, 1.807) is 48.5 Å². The van der Waals surface area contributed by atoms with Crippen LogP contribution in [0, 0.1) is 0 Å². The molecule has 4 nitrogen and oxygen atoms in total. The molecule has 0 radical (unpaired) electrons. The Labute approximate surface area is 132 Å². The molecule has 2 N–H and O–H groups in total. The molecule has 2 aromatic rings. The highest BCUT2D eigenvalue weighted by molar-refractivity contribution is 6.30. The van der Waals surface area contributed by atoms with E-state index in [1.165, 1.54) is 0 Å². The van der Waals surface area contributed by atoms with E-state index in [9.17, 15) is 4.79 Å². The van der Waals surface area contributed by atoms with Crippen molar-refractivity contribution < 1.29 is 9.63 Å². The van der Waals surface area contributed by atoms with E-state index in [2.05, 4.69) is 5.16 Å². The minimum absolute atomic E-state index is 0.0918. The van der Waals surface area contributed by atoms with Crippen molar-refractivity contribution in [1.29, 1.82) is 0 Å². The molecule has 0 unspecified atom stereocenters. The van der Waals surface area contributed by atoms with Gasteiger partial charge in [0.05, 0.1) is 6.42 Å². The predicted molar refractivity (Wildman–Crippen MR) is 83.4 cm³/mol. The minimum atomic E-state index is -0.505. The third-order valence-corrected chi connectivity index (χ3v) is 3.15. The van der Waals surface area contributed by atoms with E-state index in [1.807, 2.05) is 0 Å². The molecular formula is C15H12Cl2N2O2. The highest BCUT2D eigenvalue weighted by Crippen LogP contribution is 2.11. The van der Waals surface area contributed by atoms with Crippen LogP contribution in [0.25, 0.3) is 0 Å². The van der Waals surface area contributed by atoms with Crippen LogP contribution < -0.4 is 5.73 Å². The van der Waals surface area contributed by atoms with Crippen molar-refractivity contribution in [2.24, 2.45) is 10.9 Å². The Morgan fingerprint density at radius 2 is 1.52 bits per heavy atom. The van der Waals surface area contributed by atoms with Crippen LogP contribution in [0.3, 0.4) is 0 Å². The zero-order valence-corrected chi connectivity index (χ0v) is 12.4. The smallest absolute Gasteiger partial charge is 0.339 e. The second kappa shape index (κ2) is 7.11. The summed E-state index contributed by atoms with van der Waals surface area (Å²) in [6, 6.07) is 13.6. The summed E-state index contributed by atoms with van der Waals surface area (Å²) in [6.07, 6.45) is 0.0918. The number of amidine groups is 1. The second-order valence-electron chi connectivity index (χ2n) is 4.25. The van der Waals surface area contributed by atoms with E-state index < -0.39 is 5.97 Å². The SMILES string of the molecule is N/C(=N\OC(=O)Cc1ccc(Cl)cc1)c1ccc(Cl)cc1. The van der Waals surface area contributed by atoms with Crippen molar-refractivity contribution >= 4 is 35.0 Å². The summed E-state index contributed by atoms with van der Waals surface area (Å²) >= 11 is 11.5. The topological polar surface area (TPSA) is 64.7 Å². The monoisotopic (exact) mass is 322 g/mol. The van der Waals surface area contributed by atoms with E-state index in [4.69, 9.17) is 33.8 Å². The number of nitrogens with two attached hydrogens (primary N) is 1. The summed E-state index contributed by atoms with van der Waals surface area (Å²) in [5.74, 6) is -0.398. The Bertz CT molecular complexity index is 652. The summed E-state index contributed by atoms with van der Waals surface area (Å²) in [6.45, 7) is 0. The maximum Gasteiger partial charge on any atom is 0.339 e. The lowest BCUT2D eigenvalue weighted by Gasteiger charge is -2.02. The molecule has 0 bridgehead atoms. The van der Waals surface area contributed by atoms with Crippen molar-refractivity contribution in [2.45, 2.75) is 6.42 Å². The number of carbonyl (C=O) groups is 1. The molecular weight excluding hydrogens is 311 g/mol. The van der Waals surface area contributed by atoms with Gasteiger partial charge in [0.1, 0.15) is 0 Å². The molecule has 6 heteroatoms. The molecule has 2 aromatic carbocycles. The first kappa shape index (κ1) is 15.4. The average Bonchev–Trinajstić information content (AvgIpc) is 2.48. The fourth-order valence-electron chi connectivity index (χ4n) is 1.57. The fourth-order valence-corrected chi connectivity index (χ4v) is 1.83. The van der Waals surface area contributed by atoms with Gasteiger partial charge < -0.3 is 10.6 Å². The van der Waals surface area contributed by atoms with Crippen LogP contribution in [0.15, 0.2) is 53.7 Å². The quantitative estimate of drug-likeness (QED) is 0.406. The normalized spacial score (nSPS) is 11.2. The lowest BCUT2D eigenvalue weighted by Crippen LogP contribution is -2.15. The lowest BCUT2D eigenvalue weighted by molar-refractivity contribution is -0.142. The largest absolute Gasteiger partial charge is 0.380 e. The first-order valence-corrected chi connectivity index (χ1v) is 6.84. The van der Waals surface area contributed by atoms with E-state index in [0.717, 1.165) is 5.56 Å². The Morgan fingerprint density at radius 1 is 1.00 bits per heavy atom. The van der Waals surface area contributed by atoms with Gasteiger partial charge in [0.25, 0.3) is 0 Å². The van der Waals surface area contributed by atoms with Crippen molar-refractivity contribution in [1.82, 2.24) is 0 Å². The number of halogens is 2. The van der Waals surface area contributed by atoms with Crippen LogP contribution in [0.5, 0.6) is 0 Å². The van der Waals surface area contributed by atoms with Gasteiger partial charge in [0.2, 0.25) is 0 Å². The van der Waals surface area contributed by atoms with E-state index in [0.29, 0.717) is 15.6 Å². The molecule has 21 heavy (non-hydrogen) atoms. The number of hydrogen-bond acceptors (Lipinski definition) is 3. The van der Waals surface area contributed by atoms with Crippen LogP contribution in [-0.4, -0.2) is 11.8 Å². The third-order valence-electron chi connectivity index (χ3n) is 2.65. The number of rotatable bonds is 4. The van der Waals surface area contributed by atoms with Crippen molar-refractivity contribution in [3.05, 3.63) is 69.7 Å². The minimum Gasteiger partial charge on any atom is -0.380 e. The fraction of sp³-hybridized carbons (Fsp3) is 0.0667. The number of hydrogen-bond donors (Lipinski definition) is 1. The van der Waals surface area contributed by atoms with Crippen molar-refractivity contribution in [2.75, 3.05) is 0 Å². The van der Waals surface area contributed by atoms with Gasteiger partial charge in [-0.15, -0.1) is 0 Å². The molecule has 0 saturated carbocycles. The lowest BCUT2D eigenvalue weighted by atomic mass is 10.2. The highest BCUT2D eigenvalue weighted by atomic mass is 35.5. The molecule has 2 rings (SSSR count). The highest BCUT2D eigenvalue weighted by Gasteiger charge is 2.06. The maximum atomic E-state index is 11.6. The molecule has 0 atom stereocenters. The van der Waals surface area contributed by atoms with Crippen LogP contribution >= 0.6 is 23.2 Å². The molecule has 108 valence electrons. The van der Waals surface area contributed by atoms with Gasteiger partial charge in [-0.05, 0) is 42.0 Å². The maximum absolute atomic E-state index is 11.6. The molecule has 0 aliphatic carbocycles. The molecule has 0 aromatic heterocycles. The summed E-state index contributed by atoms with van der Waals surface area (Å²) in [5.41, 5.74) is 7.12. The van der Waals surface area contributed by atoms with Gasteiger partial charge in [0.15, 0.2) is 5.84 Å². The number of carbonyl (C=O) groups excluding carboxylic acids is 1. The van der Waals surface area contributed by atoms with Gasteiger partial charge in [-0.3, -0.25) is 0 Å². The first-order chi connectivity index (χ1) is 10.0. The average molecular weight is 323 g/mol. The Kier molecular flexibility index (Phi) is 5.20. The Morgan fingerprint density at radius 3 is 2.10 bits per heavy atom.